The predicted molar refractivity (Wildman–Crippen MR) is 151 cm³/mol. The van der Waals surface area contributed by atoms with Crippen molar-refractivity contribution in [3.8, 4) is 0 Å². The van der Waals surface area contributed by atoms with Gasteiger partial charge in [0.1, 0.15) is 6.61 Å². The zero-order valence-corrected chi connectivity index (χ0v) is 21.9. The highest BCUT2D eigenvalue weighted by Crippen LogP contribution is 2.30. The number of Topliss-reactive ketones (excluding diaryl/α,β-unsaturated/α-hetero) is 1. The molecular weight excluding hydrogens is 490 g/mol. The Morgan fingerprint density at radius 1 is 0.872 bits per heavy atom. The lowest BCUT2D eigenvalue weighted by molar-refractivity contribution is -0.124. The van der Waals surface area contributed by atoms with Gasteiger partial charge in [0.25, 0.3) is 5.91 Å². The fraction of sp³-hybridized carbons (Fsp3) is 0.312. The van der Waals surface area contributed by atoms with Gasteiger partial charge < -0.3 is 9.64 Å². The number of carbonyl (C=O) groups excluding carboxylic acids is 3. The van der Waals surface area contributed by atoms with Crippen molar-refractivity contribution in [1.29, 1.82) is 0 Å². The molecule has 1 aliphatic heterocycles. The maximum absolute atomic E-state index is 13.9. The molecule has 0 radical (unpaired) electrons. The maximum Gasteiger partial charge on any atom is 0.409 e. The van der Waals surface area contributed by atoms with Crippen LogP contribution in [0.5, 0.6) is 0 Å². The van der Waals surface area contributed by atoms with E-state index in [4.69, 9.17) is 9.73 Å². The summed E-state index contributed by atoms with van der Waals surface area (Å²) in [7, 11) is 0. The largest absolute Gasteiger partial charge is 0.445 e. The predicted octanol–water partition coefficient (Wildman–Crippen LogP) is 5.66. The highest BCUT2D eigenvalue weighted by atomic mass is 16.5. The molecule has 7 heteroatoms. The average Bonchev–Trinajstić information content (AvgIpc) is 3.08. The minimum absolute atomic E-state index is 0.0126. The van der Waals surface area contributed by atoms with Crippen LogP contribution in [0.1, 0.15) is 55.2 Å². The van der Waals surface area contributed by atoms with Gasteiger partial charge in [-0.25, -0.2) is 9.79 Å². The van der Waals surface area contributed by atoms with E-state index in [1.807, 2.05) is 84.9 Å². The molecule has 5 rings (SSSR count). The van der Waals surface area contributed by atoms with E-state index < -0.39 is 18.2 Å². The number of alkyl carbamates (subject to hydrolysis) is 1. The summed E-state index contributed by atoms with van der Waals surface area (Å²) in [6, 6.07) is 26.3. The Labute approximate surface area is 228 Å². The number of fused-ring (bicyclic) bond motifs is 1. The maximum atomic E-state index is 13.9. The third kappa shape index (κ3) is 6.60. The highest BCUT2D eigenvalue weighted by molar-refractivity contribution is 6.20. The third-order valence-electron chi connectivity index (χ3n) is 7.30. The number of benzodiazepines with no additional fused rings is 1. The van der Waals surface area contributed by atoms with Gasteiger partial charge in [-0.1, -0.05) is 111 Å². The van der Waals surface area contributed by atoms with Gasteiger partial charge in [0, 0.05) is 17.5 Å². The summed E-state index contributed by atoms with van der Waals surface area (Å²) in [5.74, 6) is -0.0951. The number of nitrogens with one attached hydrogen (secondary N) is 1. The Hall–Kier alpha value is -4.26. The van der Waals surface area contributed by atoms with E-state index in [0.717, 1.165) is 42.4 Å². The van der Waals surface area contributed by atoms with Crippen LogP contribution in [0.25, 0.3) is 0 Å². The molecule has 1 aliphatic carbocycles. The summed E-state index contributed by atoms with van der Waals surface area (Å²) >= 11 is 0. The van der Waals surface area contributed by atoms with Crippen LogP contribution < -0.4 is 10.2 Å². The number of nitrogens with zero attached hydrogens (tertiary/aromatic N) is 2. The number of anilines is 1. The summed E-state index contributed by atoms with van der Waals surface area (Å²) in [5.41, 5.74) is 3.52. The average molecular weight is 524 g/mol. The SMILES string of the molecule is O=C(CC1CCCCC1)CN1C(=O)[C@@H](NC(=O)OCc2ccccc2)N=C(c2ccccc2)c2ccccc21. The van der Waals surface area contributed by atoms with Crippen LogP contribution in [0, 0.1) is 5.92 Å². The molecule has 1 heterocycles. The van der Waals surface area contributed by atoms with E-state index in [0.29, 0.717) is 23.7 Å². The molecule has 0 aromatic heterocycles. The molecule has 2 aliphatic rings. The Kier molecular flexibility index (Phi) is 8.46. The number of hydrogen-bond acceptors (Lipinski definition) is 5. The standard InChI is InChI=1S/C32H33N3O4/c36-26(20-23-12-4-1-5-13-23)21-35-28-19-11-10-18-27(28)29(25-16-8-3-9-17-25)33-30(31(35)37)34-32(38)39-22-24-14-6-2-7-15-24/h2-3,6-11,14-19,23,30H,1,4-5,12-13,20-22H2,(H,34,38)/t30-/m1/s1. The Balaban J connectivity index is 1.43. The van der Waals surface area contributed by atoms with Gasteiger partial charge in [0.2, 0.25) is 6.17 Å². The monoisotopic (exact) mass is 523 g/mol. The molecule has 2 amide bonds. The van der Waals surface area contributed by atoms with E-state index >= 15 is 0 Å². The van der Waals surface area contributed by atoms with Crippen molar-refractivity contribution in [3.63, 3.8) is 0 Å². The number of rotatable bonds is 8. The number of carbonyl (C=O) groups is 3. The fourth-order valence-electron chi connectivity index (χ4n) is 5.34. The quantitative estimate of drug-likeness (QED) is 0.413. The molecule has 200 valence electrons. The smallest absolute Gasteiger partial charge is 0.409 e. The molecule has 3 aromatic carbocycles. The van der Waals surface area contributed by atoms with Crippen molar-refractivity contribution < 1.29 is 19.1 Å². The van der Waals surface area contributed by atoms with E-state index in [9.17, 15) is 14.4 Å². The first-order valence-corrected chi connectivity index (χ1v) is 13.6. The number of ether oxygens (including phenoxy) is 1. The third-order valence-corrected chi connectivity index (χ3v) is 7.30. The van der Waals surface area contributed by atoms with Crippen molar-refractivity contribution in [2.24, 2.45) is 10.9 Å². The number of amides is 2. The van der Waals surface area contributed by atoms with E-state index in [2.05, 4.69) is 5.32 Å². The molecular formula is C32H33N3O4. The van der Waals surface area contributed by atoms with E-state index in [1.54, 1.807) is 0 Å². The van der Waals surface area contributed by atoms with Gasteiger partial charge in [-0.05, 0) is 17.5 Å². The number of aliphatic imine (C=N–C) groups is 1. The lowest BCUT2D eigenvalue weighted by Gasteiger charge is -2.26. The van der Waals surface area contributed by atoms with Crippen LogP contribution in [-0.4, -0.2) is 36.2 Å². The van der Waals surface area contributed by atoms with Crippen molar-refractivity contribution in [1.82, 2.24) is 5.32 Å². The van der Waals surface area contributed by atoms with Gasteiger partial charge >= 0.3 is 6.09 Å². The van der Waals surface area contributed by atoms with Gasteiger partial charge in [-0.2, -0.15) is 0 Å². The second kappa shape index (κ2) is 12.5. The zero-order valence-electron chi connectivity index (χ0n) is 21.9. The lowest BCUT2D eigenvalue weighted by atomic mass is 9.86. The number of ketones is 1. The van der Waals surface area contributed by atoms with Gasteiger partial charge in [-0.15, -0.1) is 0 Å². The van der Waals surface area contributed by atoms with E-state index in [-0.39, 0.29) is 18.9 Å². The molecule has 1 atom stereocenters. The summed E-state index contributed by atoms with van der Waals surface area (Å²) in [6.45, 7) is -0.00612. The first-order chi connectivity index (χ1) is 19.1. The van der Waals surface area contributed by atoms with Crippen LogP contribution in [0.2, 0.25) is 0 Å². The number of hydrogen-bond donors (Lipinski definition) is 1. The first-order valence-electron chi connectivity index (χ1n) is 13.6. The van der Waals surface area contributed by atoms with Gasteiger partial charge in [0.15, 0.2) is 5.78 Å². The van der Waals surface area contributed by atoms with E-state index in [1.165, 1.54) is 11.3 Å². The molecule has 39 heavy (non-hydrogen) atoms. The molecule has 0 bridgehead atoms. The second-order valence-corrected chi connectivity index (χ2v) is 10.1. The van der Waals surface area contributed by atoms with Crippen molar-refractivity contribution in [2.75, 3.05) is 11.4 Å². The van der Waals surface area contributed by atoms with Crippen molar-refractivity contribution in [3.05, 3.63) is 102 Å². The molecule has 1 fully saturated rings. The first kappa shape index (κ1) is 26.4. The number of benzene rings is 3. The summed E-state index contributed by atoms with van der Waals surface area (Å²) < 4.78 is 5.40. The molecule has 7 nitrogen and oxygen atoms in total. The fourth-order valence-corrected chi connectivity index (χ4v) is 5.34. The Morgan fingerprint density at radius 3 is 2.28 bits per heavy atom. The molecule has 3 aromatic rings. The van der Waals surface area contributed by atoms with Gasteiger partial charge in [0.05, 0.1) is 17.9 Å². The molecule has 0 unspecified atom stereocenters. The summed E-state index contributed by atoms with van der Waals surface area (Å²) in [5, 5.41) is 2.65. The summed E-state index contributed by atoms with van der Waals surface area (Å²) in [4.78, 5) is 46.2. The van der Waals surface area contributed by atoms with Crippen molar-refractivity contribution in [2.45, 2.75) is 51.3 Å². The van der Waals surface area contributed by atoms with Crippen LogP contribution in [-0.2, 0) is 20.9 Å². The second-order valence-electron chi connectivity index (χ2n) is 10.1. The minimum atomic E-state index is -1.25. The Morgan fingerprint density at radius 2 is 1.54 bits per heavy atom. The molecule has 0 spiro atoms. The highest BCUT2D eigenvalue weighted by Gasteiger charge is 2.34. The molecule has 1 N–H and O–H groups in total. The van der Waals surface area contributed by atoms with Crippen LogP contribution in [0.4, 0.5) is 10.5 Å². The zero-order chi connectivity index (χ0) is 27.0. The van der Waals surface area contributed by atoms with Crippen LogP contribution in [0.3, 0.4) is 0 Å². The lowest BCUT2D eigenvalue weighted by Crippen LogP contribution is -2.49. The minimum Gasteiger partial charge on any atom is -0.445 e. The van der Waals surface area contributed by atoms with Gasteiger partial charge in [-0.3, -0.25) is 14.9 Å². The normalized spacial score (nSPS) is 17.5. The molecule has 1 saturated carbocycles. The van der Waals surface area contributed by atoms with Crippen molar-refractivity contribution >= 4 is 29.2 Å². The summed E-state index contributed by atoms with van der Waals surface area (Å²) in [6.07, 6.45) is 4.06. The number of para-hydroxylation sites is 1. The topological polar surface area (TPSA) is 88.1 Å². The molecule has 0 saturated heterocycles. The van der Waals surface area contributed by atoms with Crippen LogP contribution in [0.15, 0.2) is 89.9 Å². The Bertz CT molecular complexity index is 1330. The van der Waals surface area contributed by atoms with Crippen LogP contribution >= 0.6 is 0 Å².